The molecule has 0 unspecified atom stereocenters. The zero-order chi connectivity index (χ0) is 22.0. The summed E-state index contributed by atoms with van der Waals surface area (Å²) >= 11 is 0. The maximum atomic E-state index is 13.1. The molecule has 1 aromatic carbocycles. The predicted octanol–water partition coefficient (Wildman–Crippen LogP) is 7.52. The largest absolute Gasteiger partial charge is 0.289 e. The van der Waals surface area contributed by atoms with Crippen molar-refractivity contribution in [2.75, 3.05) is 0 Å². The highest BCUT2D eigenvalue weighted by molar-refractivity contribution is 6.26. The van der Waals surface area contributed by atoms with E-state index in [1.807, 2.05) is 12.1 Å². The fourth-order valence-corrected chi connectivity index (χ4v) is 4.38. The first-order valence-corrected chi connectivity index (χ1v) is 10.6. The van der Waals surface area contributed by atoms with Crippen LogP contribution in [0.2, 0.25) is 0 Å². The minimum Gasteiger partial charge on any atom is -0.289 e. The molecule has 0 radical (unpaired) electrons. The van der Waals surface area contributed by atoms with Crippen LogP contribution in [0.15, 0.2) is 58.7 Å². The van der Waals surface area contributed by atoms with Gasteiger partial charge < -0.3 is 0 Å². The molecule has 2 nitrogen and oxygen atoms in total. The molecule has 0 saturated carbocycles. The number of fused-ring (bicyclic) bond motifs is 1. The lowest BCUT2D eigenvalue weighted by Gasteiger charge is -2.27. The molecule has 0 spiro atoms. The summed E-state index contributed by atoms with van der Waals surface area (Å²) in [6.07, 6.45) is 7.30. The molecule has 1 aliphatic rings. The Kier molecular flexibility index (Phi) is 6.88. The summed E-state index contributed by atoms with van der Waals surface area (Å²) in [7, 11) is 0. The van der Waals surface area contributed by atoms with E-state index >= 15 is 0 Å². The third kappa shape index (κ3) is 5.88. The highest BCUT2D eigenvalue weighted by Gasteiger charge is 2.32. The molecule has 0 fully saturated rings. The summed E-state index contributed by atoms with van der Waals surface area (Å²) in [5.41, 5.74) is 4.99. The van der Waals surface area contributed by atoms with Crippen molar-refractivity contribution >= 4 is 11.6 Å². The first kappa shape index (κ1) is 23.1. The van der Waals surface area contributed by atoms with Gasteiger partial charge in [-0.1, -0.05) is 75.3 Å². The monoisotopic (exact) mass is 392 g/mol. The van der Waals surface area contributed by atoms with Crippen molar-refractivity contribution in [3.8, 4) is 0 Å². The van der Waals surface area contributed by atoms with Crippen LogP contribution in [0.5, 0.6) is 0 Å². The molecule has 0 atom stereocenters. The second kappa shape index (κ2) is 8.65. The molecule has 0 aromatic heterocycles. The van der Waals surface area contributed by atoms with E-state index in [0.717, 1.165) is 12.8 Å². The summed E-state index contributed by atoms with van der Waals surface area (Å²) < 4.78 is 0. The molecule has 2 rings (SSSR count). The van der Waals surface area contributed by atoms with Crippen LogP contribution >= 0.6 is 0 Å². The Bertz CT molecular complexity index is 900. The zero-order valence-corrected chi connectivity index (χ0v) is 19.4. The van der Waals surface area contributed by atoms with E-state index in [1.165, 1.54) is 11.1 Å². The zero-order valence-electron chi connectivity index (χ0n) is 19.4. The van der Waals surface area contributed by atoms with Crippen LogP contribution in [-0.2, 0) is 0 Å². The Morgan fingerprint density at radius 2 is 1.41 bits per heavy atom. The molecule has 0 N–H and O–H groups in total. The fourth-order valence-electron chi connectivity index (χ4n) is 4.38. The van der Waals surface area contributed by atoms with Crippen molar-refractivity contribution in [2.24, 2.45) is 10.8 Å². The van der Waals surface area contributed by atoms with Gasteiger partial charge in [-0.05, 0) is 57.8 Å². The van der Waals surface area contributed by atoms with Crippen LogP contribution in [0.25, 0.3) is 0 Å². The number of carbonyl (C=O) groups excluding carboxylic acids is 2. The highest BCUT2D eigenvalue weighted by Crippen LogP contribution is 2.36. The lowest BCUT2D eigenvalue weighted by atomic mass is 9.75. The maximum Gasteiger partial charge on any atom is 0.190 e. The van der Waals surface area contributed by atoms with Gasteiger partial charge in [-0.3, -0.25) is 9.59 Å². The van der Waals surface area contributed by atoms with E-state index in [-0.39, 0.29) is 22.4 Å². The smallest absolute Gasteiger partial charge is 0.190 e. The van der Waals surface area contributed by atoms with Gasteiger partial charge in [-0.2, -0.15) is 0 Å². The minimum atomic E-state index is -0.191. The van der Waals surface area contributed by atoms with Crippen molar-refractivity contribution in [1.82, 2.24) is 0 Å². The van der Waals surface area contributed by atoms with Crippen LogP contribution < -0.4 is 0 Å². The fraction of sp³-hybridized carbons (Fsp3) is 0.481. The number of carbonyl (C=O) groups is 2. The van der Waals surface area contributed by atoms with E-state index in [9.17, 15) is 9.59 Å². The third-order valence-electron chi connectivity index (χ3n) is 5.60. The molecule has 29 heavy (non-hydrogen) atoms. The van der Waals surface area contributed by atoms with Crippen LogP contribution in [0.3, 0.4) is 0 Å². The normalized spacial score (nSPS) is 15.5. The molecule has 1 aromatic rings. The van der Waals surface area contributed by atoms with Gasteiger partial charge >= 0.3 is 0 Å². The van der Waals surface area contributed by atoms with Gasteiger partial charge in [0.25, 0.3) is 0 Å². The summed E-state index contributed by atoms with van der Waals surface area (Å²) in [5, 5.41) is 0. The first-order chi connectivity index (χ1) is 13.3. The average molecular weight is 393 g/mol. The Labute approximate surface area is 176 Å². The molecule has 0 amide bonds. The van der Waals surface area contributed by atoms with Gasteiger partial charge in [-0.25, -0.2) is 0 Å². The maximum absolute atomic E-state index is 13.1. The van der Waals surface area contributed by atoms with Crippen molar-refractivity contribution in [3.05, 3.63) is 69.8 Å². The highest BCUT2D eigenvalue weighted by atomic mass is 16.1. The summed E-state index contributed by atoms with van der Waals surface area (Å²) in [5.74, 6) is -0.0170. The predicted molar refractivity (Wildman–Crippen MR) is 122 cm³/mol. The van der Waals surface area contributed by atoms with Crippen molar-refractivity contribution < 1.29 is 9.59 Å². The van der Waals surface area contributed by atoms with E-state index in [2.05, 4.69) is 60.6 Å². The third-order valence-corrected chi connectivity index (χ3v) is 5.60. The summed E-state index contributed by atoms with van der Waals surface area (Å²) in [6.45, 7) is 17.1. The van der Waals surface area contributed by atoms with Crippen molar-refractivity contribution in [2.45, 2.75) is 74.7 Å². The number of Topliss-reactive ketones (excluding diaryl/α,β-unsaturated/α-hetero) is 2. The second-order valence-electron chi connectivity index (χ2n) is 10.2. The molecule has 1 aliphatic carbocycles. The lowest BCUT2D eigenvalue weighted by molar-refractivity contribution is 0.0968. The Morgan fingerprint density at radius 1 is 0.862 bits per heavy atom. The van der Waals surface area contributed by atoms with E-state index in [0.29, 0.717) is 28.7 Å². The number of allylic oxidation sites excluding steroid dienone is 6. The standard InChI is InChI=1S/C27H36O2/c1-18(2)15-26(5,6)14-13-19(3)16-27(7,8)17-23-20(4)24(28)21-11-9-10-12-22(21)25(23)29/h9-12,15-16H,13-14,17H2,1-8H3/b19-16+. The number of hydrogen-bond acceptors (Lipinski definition) is 2. The number of hydrogen-bond donors (Lipinski definition) is 0. The van der Waals surface area contributed by atoms with Gasteiger partial charge in [-0.15, -0.1) is 0 Å². The Balaban J connectivity index is 2.19. The molecule has 0 saturated heterocycles. The Hall–Kier alpha value is -2.22. The van der Waals surface area contributed by atoms with Gasteiger partial charge in [0.1, 0.15) is 0 Å². The number of ketones is 2. The molecule has 0 bridgehead atoms. The van der Waals surface area contributed by atoms with Gasteiger partial charge in [0.15, 0.2) is 11.6 Å². The molecule has 156 valence electrons. The molecular weight excluding hydrogens is 356 g/mol. The van der Waals surface area contributed by atoms with E-state index < -0.39 is 0 Å². The lowest BCUT2D eigenvalue weighted by Crippen LogP contribution is -2.24. The second-order valence-corrected chi connectivity index (χ2v) is 10.2. The quantitative estimate of drug-likeness (QED) is 0.450. The van der Waals surface area contributed by atoms with E-state index in [4.69, 9.17) is 0 Å². The van der Waals surface area contributed by atoms with Gasteiger partial charge in [0, 0.05) is 22.3 Å². The molecule has 2 heteroatoms. The SMILES string of the molecule is CC(C)=CC(C)(C)CC/C(C)=C/C(C)(C)CC1=C(C)C(=O)c2ccccc2C1=O. The van der Waals surface area contributed by atoms with Crippen LogP contribution in [0.1, 0.15) is 95.4 Å². The topological polar surface area (TPSA) is 34.1 Å². The molecule has 0 heterocycles. The Morgan fingerprint density at radius 3 is 1.97 bits per heavy atom. The first-order valence-electron chi connectivity index (χ1n) is 10.6. The van der Waals surface area contributed by atoms with Crippen molar-refractivity contribution in [1.29, 1.82) is 0 Å². The molecular formula is C27H36O2. The van der Waals surface area contributed by atoms with E-state index in [1.54, 1.807) is 19.1 Å². The van der Waals surface area contributed by atoms with Crippen LogP contribution in [0.4, 0.5) is 0 Å². The average Bonchev–Trinajstić information content (AvgIpc) is 2.60. The van der Waals surface area contributed by atoms with Gasteiger partial charge in [0.05, 0.1) is 0 Å². The summed E-state index contributed by atoms with van der Waals surface area (Å²) in [6, 6.07) is 7.15. The van der Waals surface area contributed by atoms with Gasteiger partial charge in [0.2, 0.25) is 0 Å². The van der Waals surface area contributed by atoms with Crippen molar-refractivity contribution in [3.63, 3.8) is 0 Å². The summed E-state index contributed by atoms with van der Waals surface area (Å²) in [4.78, 5) is 25.8. The van der Waals surface area contributed by atoms with Crippen LogP contribution in [-0.4, -0.2) is 11.6 Å². The molecule has 0 aliphatic heterocycles. The number of benzene rings is 1. The van der Waals surface area contributed by atoms with Crippen LogP contribution in [0, 0.1) is 10.8 Å². The minimum absolute atomic E-state index is 0.00141. The number of rotatable bonds is 7.